The lowest BCUT2D eigenvalue weighted by atomic mass is 10.2. The smallest absolute Gasteiger partial charge is 0.147 e. The fourth-order valence-electron chi connectivity index (χ4n) is 1.86. The van der Waals surface area contributed by atoms with Gasteiger partial charge in [-0.05, 0) is 26.3 Å². The van der Waals surface area contributed by atoms with Gasteiger partial charge in [-0.1, -0.05) is 0 Å². The van der Waals surface area contributed by atoms with E-state index in [0.717, 1.165) is 30.3 Å². The molecule has 0 aromatic carbocycles. The van der Waals surface area contributed by atoms with Crippen LogP contribution in [0.25, 0.3) is 0 Å². The first-order valence-electron chi connectivity index (χ1n) is 5.43. The summed E-state index contributed by atoms with van der Waals surface area (Å²) in [6, 6.07) is 2.36. The zero-order chi connectivity index (χ0) is 10.8. The van der Waals surface area contributed by atoms with Gasteiger partial charge in [0.1, 0.15) is 11.6 Å². The van der Waals surface area contributed by atoms with Gasteiger partial charge in [0.05, 0.1) is 6.04 Å². The van der Waals surface area contributed by atoms with Gasteiger partial charge >= 0.3 is 0 Å². The van der Waals surface area contributed by atoms with Gasteiger partial charge < -0.3 is 10.2 Å². The molecule has 15 heavy (non-hydrogen) atoms. The molecule has 1 aromatic heterocycles. The van der Waals surface area contributed by atoms with E-state index >= 15 is 0 Å². The Hall–Kier alpha value is -1.16. The van der Waals surface area contributed by atoms with E-state index in [-0.39, 0.29) is 0 Å². The lowest BCUT2D eigenvalue weighted by Crippen LogP contribution is -2.19. The van der Waals surface area contributed by atoms with Crippen molar-refractivity contribution in [1.29, 1.82) is 0 Å². The number of anilines is 1. The van der Waals surface area contributed by atoms with Crippen LogP contribution in [0.4, 0.5) is 5.82 Å². The molecule has 1 fully saturated rings. The van der Waals surface area contributed by atoms with Crippen LogP contribution in [0.5, 0.6) is 0 Å². The van der Waals surface area contributed by atoms with E-state index in [1.54, 1.807) is 0 Å². The number of aryl methyl sites for hydroxylation is 1. The van der Waals surface area contributed by atoms with E-state index < -0.39 is 0 Å². The molecule has 0 amide bonds. The Morgan fingerprint density at radius 3 is 2.80 bits per heavy atom. The summed E-state index contributed by atoms with van der Waals surface area (Å²) < 4.78 is 0. The summed E-state index contributed by atoms with van der Waals surface area (Å²) in [5, 5.41) is 3.42. The molecule has 1 unspecified atom stereocenters. The molecule has 1 aliphatic rings. The Kier molecular flexibility index (Phi) is 2.86. The third kappa shape index (κ3) is 2.26. The first kappa shape index (κ1) is 10.4. The second kappa shape index (κ2) is 4.14. The van der Waals surface area contributed by atoms with Crippen LogP contribution >= 0.6 is 0 Å². The Morgan fingerprint density at radius 1 is 1.40 bits per heavy atom. The molecule has 0 radical (unpaired) electrons. The van der Waals surface area contributed by atoms with Crippen LogP contribution in [0.1, 0.15) is 30.4 Å². The van der Waals surface area contributed by atoms with Crippen molar-refractivity contribution in [3.63, 3.8) is 0 Å². The molecule has 4 nitrogen and oxygen atoms in total. The Morgan fingerprint density at radius 2 is 2.20 bits per heavy atom. The van der Waals surface area contributed by atoms with Gasteiger partial charge in [0.15, 0.2) is 0 Å². The van der Waals surface area contributed by atoms with Gasteiger partial charge in [0.2, 0.25) is 0 Å². The van der Waals surface area contributed by atoms with Crippen molar-refractivity contribution in [3.8, 4) is 0 Å². The Balaban J connectivity index is 2.30. The maximum absolute atomic E-state index is 4.57. The predicted molar refractivity (Wildman–Crippen MR) is 61.1 cm³/mol. The molecule has 0 bridgehead atoms. The van der Waals surface area contributed by atoms with E-state index in [2.05, 4.69) is 15.3 Å². The normalized spacial score (nSPS) is 20.6. The standard InChI is InChI=1S/C11H18N4/c1-8-7-10(15(2)3)14-11(13-8)9-5-4-6-12-9/h7,9,12H,4-6H2,1-3H3. The van der Waals surface area contributed by atoms with Gasteiger partial charge in [0, 0.05) is 25.9 Å². The molecule has 1 saturated heterocycles. The van der Waals surface area contributed by atoms with Crippen LogP contribution in [-0.2, 0) is 0 Å². The minimum absolute atomic E-state index is 0.351. The summed E-state index contributed by atoms with van der Waals surface area (Å²) >= 11 is 0. The molecule has 0 spiro atoms. The maximum atomic E-state index is 4.57. The topological polar surface area (TPSA) is 41.1 Å². The molecular weight excluding hydrogens is 188 g/mol. The van der Waals surface area contributed by atoms with E-state index in [4.69, 9.17) is 0 Å². The Bertz CT molecular complexity index is 342. The van der Waals surface area contributed by atoms with Gasteiger partial charge in [-0.3, -0.25) is 0 Å². The molecular formula is C11H18N4. The van der Waals surface area contributed by atoms with Crippen LogP contribution in [0.2, 0.25) is 0 Å². The molecule has 0 saturated carbocycles. The van der Waals surface area contributed by atoms with Crippen LogP contribution in [0, 0.1) is 6.92 Å². The van der Waals surface area contributed by atoms with E-state index in [0.29, 0.717) is 6.04 Å². The van der Waals surface area contributed by atoms with Crippen molar-refractivity contribution in [3.05, 3.63) is 17.6 Å². The van der Waals surface area contributed by atoms with Crippen molar-refractivity contribution in [2.24, 2.45) is 0 Å². The van der Waals surface area contributed by atoms with Gasteiger partial charge in [-0.15, -0.1) is 0 Å². The minimum atomic E-state index is 0.351. The summed E-state index contributed by atoms with van der Waals surface area (Å²) in [5.41, 5.74) is 1.04. The van der Waals surface area contributed by atoms with Crippen LogP contribution < -0.4 is 10.2 Å². The Labute approximate surface area is 90.7 Å². The third-order valence-electron chi connectivity index (χ3n) is 2.69. The first-order valence-corrected chi connectivity index (χ1v) is 5.43. The largest absolute Gasteiger partial charge is 0.363 e. The summed E-state index contributed by atoms with van der Waals surface area (Å²) in [5.74, 6) is 1.93. The monoisotopic (exact) mass is 206 g/mol. The fourth-order valence-corrected chi connectivity index (χ4v) is 1.86. The van der Waals surface area contributed by atoms with Crippen molar-refractivity contribution in [2.45, 2.75) is 25.8 Å². The summed E-state index contributed by atoms with van der Waals surface area (Å²) in [6.07, 6.45) is 2.37. The van der Waals surface area contributed by atoms with Crippen LogP contribution in [0.3, 0.4) is 0 Å². The third-order valence-corrected chi connectivity index (χ3v) is 2.69. The average Bonchev–Trinajstić information content (AvgIpc) is 2.69. The van der Waals surface area contributed by atoms with E-state index in [9.17, 15) is 0 Å². The number of aromatic nitrogens is 2. The molecule has 0 aliphatic carbocycles. The zero-order valence-electron chi connectivity index (χ0n) is 9.62. The summed E-state index contributed by atoms with van der Waals surface area (Å²) in [4.78, 5) is 11.1. The molecule has 2 heterocycles. The molecule has 1 atom stereocenters. The predicted octanol–water partition coefficient (Wildman–Crippen LogP) is 1.28. The lowest BCUT2D eigenvalue weighted by molar-refractivity contribution is 0.602. The van der Waals surface area contributed by atoms with Gasteiger partial charge in [-0.25, -0.2) is 9.97 Å². The highest BCUT2D eigenvalue weighted by atomic mass is 15.2. The SMILES string of the molecule is Cc1cc(N(C)C)nc(C2CCCN2)n1. The zero-order valence-corrected chi connectivity index (χ0v) is 9.62. The van der Waals surface area contributed by atoms with Gasteiger partial charge in [-0.2, -0.15) is 0 Å². The summed E-state index contributed by atoms with van der Waals surface area (Å²) in [6.45, 7) is 3.10. The summed E-state index contributed by atoms with van der Waals surface area (Å²) in [7, 11) is 4.02. The van der Waals surface area contributed by atoms with Crippen molar-refractivity contribution in [2.75, 3.05) is 25.5 Å². The molecule has 2 rings (SSSR count). The fraction of sp³-hybridized carbons (Fsp3) is 0.636. The van der Waals surface area contributed by atoms with Crippen molar-refractivity contribution < 1.29 is 0 Å². The molecule has 1 N–H and O–H groups in total. The van der Waals surface area contributed by atoms with Crippen molar-refractivity contribution >= 4 is 5.82 Å². The molecule has 4 heteroatoms. The number of hydrogen-bond donors (Lipinski definition) is 1. The highest BCUT2D eigenvalue weighted by Gasteiger charge is 2.19. The first-order chi connectivity index (χ1) is 7.16. The highest BCUT2D eigenvalue weighted by molar-refractivity contribution is 5.37. The lowest BCUT2D eigenvalue weighted by Gasteiger charge is -2.15. The maximum Gasteiger partial charge on any atom is 0.147 e. The van der Waals surface area contributed by atoms with E-state index in [1.165, 1.54) is 6.42 Å². The van der Waals surface area contributed by atoms with Crippen LogP contribution in [0.15, 0.2) is 6.07 Å². The second-order valence-electron chi connectivity index (χ2n) is 4.27. The quantitative estimate of drug-likeness (QED) is 0.791. The van der Waals surface area contributed by atoms with Gasteiger partial charge in [0.25, 0.3) is 0 Å². The molecule has 1 aromatic rings. The minimum Gasteiger partial charge on any atom is -0.363 e. The highest BCUT2D eigenvalue weighted by Crippen LogP contribution is 2.21. The number of nitrogens with zero attached hydrogens (tertiary/aromatic N) is 3. The molecule has 1 aliphatic heterocycles. The van der Waals surface area contributed by atoms with E-state index in [1.807, 2.05) is 32.0 Å². The van der Waals surface area contributed by atoms with Crippen LogP contribution in [-0.4, -0.2) is 30.6 Å². The average molecular weight is 206 g/mol. The number of nitrogens with one attached hydrogen (secondary N) is 1. The molecule has 82 valence electrons. The second-order valence-corrected chi connectivity index (χ2v) is 4.27. The van der Waals surface area contributed by atoms with Crippen molar-refractivity contribution in [1.82, 2.24) is 15.3 Å². The number of hydrogen-bond acceptors (Lipinski definition) is 4. The number of rotatable bonds is 2.